The monoisotopic (exact) mass is 691 g/mol. The molecule has 52 heavy (non-hydrogen) atoms. The van der Waals surface area contributed by atoms with Gasteiger partial charge in [-0.25, -0.2) is 0 Å². The first-order valence-electron chi connectivity index (χ1n) is 17.7. The molecule has 0 bridgehead atoms. The van der Waals surface area contributed by atoms with Crippen LogP contribution in [0.25, 0.3) is 75.2 Å². The summed E-state index contributed by atoms with van der Waals surface area (Å²) in [5.41, 5.74) is 9.15. The number of benzene rings is 7. The summed E-state index contributed by atoms with van der Waals surface area (Å²) >= 11 is 1.85. The molecule has 0 saturated carbocycles. The number of fused-ring (bicyclic) bond motifs is 9. The van der Waals surface area contributed by atoms with Gasteiger partial charge in [-0.05, 0) is 60.1 Å². The lowest BCUT2D eigenvalue weighted by atomic mass is 9.99. The van der Waals surface area contributed by atoms with Crippen LogP contribution < -0.4 is 10.6 Å². The Kier molecular flexibility index (Phi) is 6.69. The number of thiophene rings is 1. The van der Waals surface area contributed by atoms with E-state index in [2.05, 4.69) is 162 Å². The Morgan fingerprint density at radius 3 is 2.08 bits per heavy atom. The van der Waals surface area contributed by atoms with Gasteiger partial charge in [0.15, 0.2) is 0 Å². The van der Waals surface area contributed by atoms with Gasteiger partial charge in [0.05, 0.1) is 18.5 Å². The minimum Gasteiger partial charge on any atom is -0.456 e. The average molecular weight is 692 g/mol. The zero-order valence-corrected chi connectivity index (χ0v) is 29.2. The van der Waals surface area contributed by atoms with Crippen LogP contribution in [0, 0.1) is 0 Å². The molecule has 5 nitrogen and oxygen atoms in total. The van der Waals surface area contributed by atoms with E-state index in [1.165, 1.54) is 31.3 Å². The Morgan fingerprint density at radius 2 is 1.19 bits per heavy atom. The Balaban J connectivity index is 1.04. The van der Waals surface area contributed by atoms with Gasteiger partial charge in [0.25, 0.3) is 0 Å². The molecule has 11 rings (SSSR count). The molecule has 3 aromatic heterocycles. The van der Waals surface area contributed by atoms with Crippen LogP contribution in [0.4, 0.5) is 0 Å². The second-order valence-corrected chi connectivity index (χ2v) is 14.9. The number of rotatable bonds is 4. The fourth-order valence-electron chi connectivity index (χ4n) is 8.33. The Morgan fingerprint density at radius 1 is 0.500 bits per heavy atom. The molecule has 3 unspecified atom stereocenters. The van der Waals surface area contributed by atoms with Crippen molar-refractivity contribution in [1.82, 2.24) is 15.5 Å². The van der Waals surface area contributed by atoms with E-state index in [0.29, 0.717) is 0 Å². The minimum absolute atomic E-state index is 0.0434. The van der Waals surface area contributed by atoms with E-state index in [1.807, 2.05) is 23.5 Å². The molecule has 3 atom stereocenters. The molecule has 7 aromatic carbocycles. The van der Waals surface area contributed by atoms with E-state index < -0.39 is 0 Å². The third-order valence-electron chi connectivity index (χ3n) is 10.9. The highest BCUT2D eigenvalue weighted by atomic mass is 32.1. The molecule has 0 spiro atoms. The lowest BCUT2D eigenvalue weighted by molar-refractivity contribution is 0.0418. The number of furan rings is 2. The summed E-state index contributed by atoms with van der Waals surface area (Å²) in [6, 6.07) is 54.0. The lowest BCUT2D eigenvalue weighted by Crippen LogP contribution is -2.54. The van der Waals surface area contributed by atoms with E-state index in [0.717, 1.165) is 60.6 Å². The molecule has 1 fully saturated rings. The number of hydrogen-bond donors (Lipinski definition) is 2. The van der Waals surface area contributed by atoms with Gasteiger partial charge in [-0.15, -0.1) is 11.3 Å². The highest BCUT2D eigenvalue weighted by molar-refractivity contribution is 7.25. The predicted octanol–water partition coefficient (Wildman–Crippen LogP) is 12.0. The molecule has 4 heterocycles. The quantitative estimate of drug-likeness (QED) is 0.192. The molecular formula is C46H33N3O2S. The van der Waals surface area contributed by atoms with E-state index >= 15 is 0 Å². The molecule has 10 aromatic rings. The van der Waals surface area contributed by atoms with Crippen LogP contribution in [0.2, 0.25) is 0 Å². The third-order valence-corrected chi connectivity index (χ3v) is 12.0. The summed E-state index contributed by atoms with van der Waals surface area (Å²) in [6.45, 7) is 0. The van der Waals surface area contributed by atoms with Gasteiger partial charge < -0.3 is 8.83 Å². The lowest BCUT2D eigenvalue weighted by Gasteiger charge is -2.45. The maximum absolute atomic E-state index is 6.97. The normalized spacial score (nSPS) is 18.4. The number of nitrogens with one attached hydrogen (secondary N) is 2. The molecule has 2 N–H and O–H groups in total. The van der Waals surface area contributed by atoms with Gasteiger partial charge in [0.2, 0.25) is 0 Å². The van der Waals surface area contributed by atoms with Crippen molar-refractivity contribution in [3.05, 3.63) is 168 Å². The molecule has 1 aliphatic heterocycles. The number of para-hydroxylation sites is 3. The topological polar surface area (TPSA) is 53.6 Å². The first kappa shape index (κ1) is 29.9. The summed E-state index contributed by atoms with van der Waals surface area (Å²) in [5, 5.41) is 15.0. The molecule has 1 aliphatic rings. The fraction of sp³-hybridized carbons (Fsp3) is 0.0870. The fourth-order valence-corrected chi connectivity index (χ4v) is 9.42. The second kappa shape index (κ2) is 11.6. The van der Waals surface area contributed by atoms with Crippen LogP contribution in [-0.4, -0.2) is 11.9 Å². The van der Waals surface area contributed by atoms with Crippen molar-refractivity contribution in [2.45, 2.75) is 18.5 Å². The smallest absolute Gasteiger partial charge is 0.143 e. The molecule has 250 valence electrons. The van der Waals surface area contributed by atoms with Crippen LogP contribution in [-0.2, 0) is 0 Å². The minimum atomic E-state index is -0.194. The third kappa shape index (κ3) is 4.59. The largest absolute Gasteiger partial charge is 0.456 e. The van der Waals surface area contributed by atoms with Crippen LogP contribution >= 0.6 is 11.3 Å². The summed E-state index contributed by atoms with van der Waals surface area (Å²) in [6.07, 6.45) is -0.302. The highest BCUT2D eigenvalue weighted by Gasteiger charge is 2.36. The molecule has 1 saturated heterocycles. The van der Waals surface area contributed by atoms with Crippen molar-refractivity contribution in [3.8, 4) is 11.1 Å². The van der Waals surface area contributed by atoms with Gasteiger partial charge in [-0.1, -0.05) is 115 Å². The van der Waals surface area contributed by atoms with Gasteiger partial charge >= 0.3 is 0 Å². The van der Waals surface area contributed by atoms with Crippen molar-refractivity contribution in [1.29, 1.82) is 0 Å². The molecule has 0 radical (unpaired) electrons. The van der Waals surface area contributed by atoms with Gasteiger partial charge in [-0.3, -0.25) is 15.5 Å². The first-order chi connectivity index (χ1) is 25.7. The van der Waals surface area contributed by atoms with Crippen molar-refractivity contribution >= 4 is 75.4 Å². The van der Waals surface area contributed by atoms with Crippen molar-refractivity contribution in [2.24, 2.45) is 0 Å². The zero-order chi connectivity index (χ0) is 34.3. The van der Waals surface area contributed by atoms with Crippen LogP contribution in [0.15, 0.2) is 160 Å². The van der Waals surface area contributed by atoms with Crippen LogP contribution in [0.3, 0.4) is 0 Å². The van der Waals surface area contributed by atoms with E-state index in [1.54, 1.807) is 0 Å². The standard InChI is InChI=1S/C46H33N3O2S/c1-49-45(27-11-3-2-4-12-27)47-44(48-46(49)29-22-24-41-37(25-29)33-14-6-8-20-40(33)52-41)36-18-10-17-35-34-16-9-15-30(42(34)51-43(35)36)28-21-23-32-31-13-5-7-19-38(31)50-39(32)26-28/h2-26,44-48H,1H3. The predicted molar refractivity (Wildman–Crippen MR) is 214 cm³/mol. The Bertz CT molecular complexity index is 2980. The van der Waals surface area contributed by atoms with Crippen LogP contribution in [0.1, 0.15) is 35.2 Å². The van der Waals surface area contributed by atoms with Crippen LogP contribution in [0.5, 0.6) is 0 Å². The van der Waals surface area contributed by atoms with Crippen molar-refractivity contribution < 1.29 is 8.83 Å². The maximum Gasteiger partial charge on any atom is 0.143 e. The maximum atomic E-state index is 6.97. The van der Waals surface area contributed by atoms with E-state index in [-0.39, 0.29) is 18.5 Å². The van der Waals surface area contributed by atoms with Gasteiger partial charge in [0.1, 0.15) is 22.3 Å². The Labute approximate surface area is 303 Å². The van der Waals surface area contributed by atoms with Crippen molar-refractivity contribution in [2.75, 3.05) is 7.05 Å². The SMILES string of the molecule is CN1C(c2ccccc2)NC(c2cccc3c2oc2c(-c4ccc5c(c4)oc4ccccc45)cccc23)NC1c1ccc2sc3ccccc3c2c1. The number of nitrogens with zero attached hydrogens (tertiary/aromatic N) is 1. The molecule has 0 amide bonds. The summed E-state index contributed by atoms with van der Waals surface area (Å²) < 4.78 is 15.9. The number of hydrogen-bond acceptors (Lipinski definition) is 6. The zero-order valence-electron chi connectivity index (χ0n) is 28.3. The second-order valence-electron chi connectivity index (χ2n) is 13.8. The highest BCUT2D eigenvalue weighted by Crippen LogP contribution is 2.43. The summed E-state index contributed by atoms with van der Waals surface area (Å²) in [7, 11) is 2.20. The molecule has 6 heteroatoms. The molecular weight excluding hydrogens is 659 g/mol. The molecule has 0 aliphatic carbocycles. The van der Waals surface area contributed by atoms with Gasteiger partial charge in [-0.2, -0.15) is 0 Å². The van der Waals surface area contributed by atoms with Gasteiger partial charge in [0, 0.05) is 52.8 Å². The summed E-state index contributed by atoms with van der Waals surface area (Å²) in [4.78, 5) is 2.40. The average Bonchev–Trinajstić information content (AvgIpc) is 3.89. The van der Waals surface area contributed by atoms with E-state index in [4.69, 9.17) is 8.83 Å². The first-order valence-corrected chi connectivity index (χ1v) is 18.6. The van der Waals surface area contributed by atoms with E-state index in [9.17, 15) is 0 Å². The Hall–Kier alpha value is -5.76. The van der Waals surface area contributed by atoms with Crippen molar-refractivity contribution in [3.63, 3.8) is 0 Å². The summed E-state index contributed by atoms with van der Waals surface area (Å²) in [5.74, 6) is 0.